The van der Waals surface area contributed by atoms with Crippen LogP contribution in [0.4, 0.5) is 0 Å². The summed E-state index contributed by atoms with van der Waals surface area (Å²) in [5.74, 6) is 0.655. The summed E-state index contributed by atoms with van der Waals surface area (Å²) in [5.41, 5.74) is 0. The van der Waals surface area contributed by atoms with Gasteiger partial charge in [-0.1, -0.05) is 12.8 Å². The predicted octanol–water partition coefficient (Wildman–Crippen LogP) is 1.96. The van der Waals surface area contributed by atoms with Crippen LogP contribution < -0.4 is 5.32 Å². The van der Waals surface area contributed by atoms with Crippen LogP contribution in [0, 0.1) is 5.92 Å². The lowest BCUT2D eigenvalue weighted by atomic mass is 10.1. The van der Waals surface area contributed by atoms with Gasteiger partial charge in [0, 0.05) is 25.2 Å². The van der Waals surface area contributed by atoms with Crippen molar-refractivity contribution in [2.45, 2.75) is 44.6 Å². The summed E-state index contributed by atoms with van der Waals surface area (Å²) < 4.78 is 11.0. The van der Waals surface area contributed by atoms with E-state index in [4.69, 9.17) is 9.47 Å². The molecule has 0 aromatic heterocycles. The van der Waals surface area contributed by atoms with Gasteiger partial charge in [-0.2, -0.15) is 0 Å². The Morgan fingerprint density at radius 1 is 1.19 bits per heavy atom. The average Bonchev–Trinajstić information content (AvgIpc) is 2.96. The van der Waals surface area contributed by atoms with Gasteiger partial charge in [-0.15, -0.1) is 0 Å². The van der Waals surface area contributed by atoms with E-state index in [-0.39, 0.29) is 0 Å². The first-order valence-corrected chi connectivity index (χ1v) is 6.84. The minimum absolute atomic E-state index is 0.655. The molecule has 1 saturated carbocycles. The Labute approximate surface area is 98.9 Å². The maximum Gasteiger partial charge on any atom is 0.0517 e. The molecule has 1 unspecified atom stereocenters. The summed E-state index contributed by atoms with van der Waals surface area (Å²) >= 11 is 0. The van der Waals surface area contributed by atoms with Crippen LogP contribution in [0.5, 0.6) is 0 Å². The Morgan fingerprint density at radius 3 is 2.81 bits per heavy atom. The van der Waals surface area contributed by atoms with Crippen molar-refractivity contribution in [3.8, 4) is 0 Å². The van der Waals surface area contributed by atoms with Crippen molar-refractivity contribution in [3.05, 3.63) is 0 Å². The minimum atomic E-state index is 0.655. The van der Waals surface area contributed by atoms with Crippen LogP contribution >= 0.6 is 0 Å². The standard InChI is InChI=1S/C13H25NO2/c1-2-5-13(4-1)14-7-3-8-15-10-12-6-9-16-11-12/h12-14H,1-11H2. The first-order valence-electron chi connectivity index (χ1n) is 6.84. The minimum Gasteiger partial charge on any atom is -0.381 e. The molecule has 0 bridgehead atoms. The lowest BCUT2D eigenvalue weighted by Crippen LogP contribution is -2.27. The van der Waals surface area contributed by atoms with E-state index in [1.54, 1.807) is 0 Å². The second-order valence-electron chi connectivity index (χ2n) is 5.09. The molecule has 1 aliphatic heterocycles. The molecule has 3 heteroatoms. The number of hydrogen-bond donors (Lipinski definition) is 1. The lowest BCUT2D eigenvalue weighted by Gasteiger charge is -2.12. The Hall–Kier alpha value is -0.120. The summed E-state index contributed by atoms with van der Waals surface area (Å²) in [5, 5.41) is 3.61. The van der Waals surface area contributed by atoms with Crippen LogP contribution in [-0.4, -0.2) is 39.0 Å². The zero-order valence-corrected chi connectivity index (χ0v) is 10.2. The molecule has 1 aliphatic carbocycles. The van der Waals surface area contributed by atoms with Crippen LogP contribution in [0.2, 0.25) is 0 Å². The van der Waals surface area contributed by atoms with E-state index in [0.717, 1.165) is 45.4 Å². The highest BCUT2D eigenvalue weighted by atomic mass is 16.5. The molecule has 1 N–H and O–H groups in total. The molecular formula is C13H25NO2. The van der Waals surface area contributed by atoms with E-state index in [1.165, 1.54) is 32.1 Å². The van der Waals surface area contributed by atoms with E-state index in [2.05, 4.69) is 5.32 Å². The topological polar surface area (TPSA) is 30.5 Å². The van der Waals surface area contributed by atoms with Crippen molar-refractivity contribution in [3.63, 3.8) is 0 Å². The van der Waals surface area contributed by atoms with Gasteiger partial charge in [-0.05, 0) is 32.2 Å². The predicted molar refractivity (Wildman–Crippen MR) is 64.6 cm³/mol. The van der Waals surface area contributed by atoms with Crippen LogP contribution in [0.3, 0.4) is 0 Å². The van der Waals surface area contributed by atoms with Gasteiger partial charge < -0.3 is 14.8 Å². The fourth-order valence-corrected chi connectivity index (χ4v) is 2.58. The second-order valence-corrected chi connectivity index (χ2v) is 5.09. The van der Waals surface area contributed by atoms with Crippen molar-refractivity contribution in [2.24, 2.45) is 5.92 Å². The molecule has 94 valence electrons. The molecule has 0 aromatic rings. The van der Waals surface area contributed by atoms with Crippen molar-refractivity contribution in [2.75, 3.05) is 33.0 Å². The van der Waals surface area contributed by atoms with Crippen LogP contribution in [0.25, 0.3) is 0 Å². The molecule has 2 rings (SSSR count). The third kappa shape index (κ3) is 4.40. The first-order chi connectivity index (χ1) is 7.95. The highest BCUT2D eigenvalue weighted by Gasteiger charge is 2.15. The van der Waals surface area contributed by atoms with Gasteiger partial charge in [-0.3, -0.25) is 0 Å². The smallest absolute Gasteiger partial charge is 0.0517 e. The summed E-state index contributed by atoms with van der Waals surface area (Å²) in [6.07, 6.45) is 7.90. The third-order valence-corrected chi connectivity index (χ3v) is 3.63. The van der Waals surface area contributed by atoms with Gasteiger partial charge in [0.2, 0.25) is 0 Å². The molecule has 16 heavy (non-hydrogen) atoms. The van der Waals surface area contributed by atoms with E-state index >= 15 is 0 Å². The lowest BCUT2D eigenvalue weighted by molar-refractivity contribution is 0.0880. The van der Waals surface area contributed by atoms with Crippen LogP contribution in [0.1, 0.15) is 38.5 Å². The molecule has 2 aliphatic rings. The molecule has 1 saturated heterocycles. The summed E-state index contributed by atoms with van der Waals surface area (Å²) in [6.45, 7) is 4.74. The highest BCUT2D eigenvalue weighted by Crippen LogP contribution is 2.17. The number of rotatable bonds is 7. The van der Waals surface area contributed by atoms with Gasteiger partial charge in [0.1, 0.15) is 0 Å². The fourth-order valence-electron chi connectivity index (χ4n) is 2.58. The Morgan fingerprint density at radius 2 is 2.06 bits per heavy atom. The summed E-state index contributed by atoms with van der Waals surface area (Å²) in [4.78, 5) is 0. The molecule has 1 heterocycles. The first kappa shape index (κ1) is 12.3. The van der Waals surface area contributed by atoms with Gasteiger partial charge in [0.15, 0.2) is 0 Å². The van der Waals surface area contributed by atoms with Crippen LogP contribution in [0.15, 0.2) is 0 Å². The monoisotopic (exact) mass is 227 g/mol. The van der Waals surface area contributed by atoms with Crippen LogP contribution in [-0.2, 0) is 9.47 Å². The van der Waals surface area contributed by atoms with Crippen molar-refractivity contribution in [1.82, 2.24) is 5.32 Å². The third-order valence-electron chi connectivity index (χ3n) is 3.63. The van der Waals surface area contributed by atoms with Gasteiger partial charge in [-0.25, -0.2) is 0 Å². The van der Waals surface area contributed by atoms with E-state index in [9.17, 15) is 0 Å². The summed E-state index contributed by atoms with van der Waals surface area (Å²) in [6, 6.07) is 0.795. The molecular weight excluding hydrogens is 202 g/mol. The van der Waals surface area contributed by atoms with E-state index < -0.39 is 0 Å². The molecule has 2 fully saturated rings. The second kappa shape index (κ2) is 7.25. The molecule has 3 nitrogen and oxygen atoms in total. The average molecular weight is 227 g/mol. The van der Waals surface area contributed by atoms with Gasteiger partial charge in [0.25, 0.3) is 0 Å². The zero-order valence-electron chi connectivity index (χ0n) is 10.2. The van der Waals surface area contributed by atoms with Gasteiger partial charge in [0.05, 0.1) is 13.2 Å². The zero-order chi connectivity index (χ0) is 11.1. The molecule has 0 spiro atoms. The quantitative estimate of drug-likeness (QED) is 0.674. The molecule has 1 atom stereocenters. The number of nitrogens with one attached hydrogen (secondary N) is 1. The van der Waals surface area contributed by atoms with Crippen molar-refractivity contribution >= 4 is 0 Å². The number of ether oxygens (including phenoxy) is 2. The van der Waals surface area contributed by atoms with E-state index in [1.807, 2.05) is 0 Å². The van der Waals surface area contributed by atoms with E-state index in [0.29, 0.717) is 5.92 Å². The maximum absolute atomic E-state index is 5.66. The SMILES string of the molecule is C(CNC1CCCC1)COCC1CCOC1. The normalized spacial score (nSPS) is 26.6. The van der Waals surface area contributed by atoms with Gasteiger partial charge >= 0.3 is 0 Å². The fraction of sp³-hybridized carbons (Fsp3) is 1.00. The molecule has 0 radical (unpaired) electrons. The highest BCUT2D eigenvalue weighted by molar-refractivity contribution is 4.73. The Bertz CT molecular complexity index is 155. The summed E-state index contributed by atoms with van der Waals surface area (Å²) in [7, 11) is 0. The maximum atomic E-state index is 5.66. The van der Waals surface area contributed by atoms with Crippen molar-refractivity contribution in [1.29, 1.82) is 0 Å². The van der Waals surface area contributed by atoms with Crippen molar-refractivity contribution < 1.29 is 9.47 Å². The Kier molecular flexibility index (Phi) is 5.59. The molecule has 0 aromatic carbocycles. The number of hydrogen-bond acceptors (Lipinski definition) is 3. The largest absolute Gasteiger partial charge is 0.381 e. The molecule has 0 amide bonds. The Balaban J connectivity index is 1.37.